The van der Waals surface area contributed by atoms with E-state index in [1.807, 2.05) is 43.5 Å². The molecule has 33 heavy (non-hydrogen) atoms. The Morgan fingerprint density at radius 3 is 2.24 bits per heavy atom. The standard InChI is InChI=1S/C30H28N2O/c1-22-10-16-26(27-9-6-18-32-21-27)20-28(22)30(31-2)29(33)17-15-23-11-13-25(14-12-23)19-24-7-4-3-5-8-24/h3-14,16,18,20-21H,15,17,19H2,1-2H3/b31-30+. The van der Waals surface area contributed by atoms with Gasteiger partial charge in [0.2, 0.25) is 0 Å². The molecule has 0 atom stereocenters. The van der Waals surface area contributed by atoms with Gasteiger partial charge in [0.05, 0.1) is 0 Å². The van der Waals surface area contributed by atoms with E-state index >= 15 is 0 Å². The lowest BCUT2D eigenvalue weighted by molar-refractivity contribution is -0.112. The average molecular weight is 433 g/mol. The van der Waals surface area contributed by atoms with Crippen LogP contribution in [0.5, 0.6) is 0 Å². The molecule has 0 aliphatic carbocycles. The van der Waals surface area contributed by atoms with Crippen LogP contribution in [0.4, 0.5) is 0 Å². The Balaban J connectivity index is 1.43. The lowest BCUT2D eigenvalue weighted by Crippen LogP contribution is -2.17. The van der Waals surface area contributed by atoms with E-state index in [1.54, 1.807) is 13.2 Å². The minimum atomic E-state index is 0.0669. The van der Waals surface area contributed by atoms with Crippen LogP contribution in [0.2, 0.25) is 0 Å². The van der Waals surface area contributed by atoms with Gasteiger partial charge in [0.1, 0.15) is 5.71 Å². The molecule has 0 saturated carbocycles. The Morgan fingerprint density at radius 1 is 0.818 bits per heavy atom. The number of aromatic nitrogens is 1. The second-order valence-electron chi connectivity index (χ2n) is 8.25. The number of aryl methyl sites for hydroxylation is 2. The SMILES string of the molecule is C/N=C(/C(=O)CCc1ccc(Cc2ccccc2)cc1)c1cc(-c2cccnc2)ccc1C. The molecule has 1 heterocycles. The molecular weight excluding hydrogens is 404 g/mol. The van der Waals surface area contributed by atoms with Crippen molar-refractivity contribution in [2.75, 3.05) is 7.05 Å². The largest absolute Gasteiger partial charge is 0.292 e. The summed E-state index contributed by atoms with van der Waals surface area (Å²) in [4.78, 5) is 21.7. The van der Waals surface area contributed by atoms with E-state index in [4.69, 9.17) is 0 Å². The molecule has 0 aliphatic rings. The summed E-state index contributed by atoms with van der Waals surface area (Å²) in [6.07, 6.45) is 5.64. The van der Waals surface area contributed by atoms with E-state index in [2.05, 4.69) is 64.6 Å². The van der Waals surface area contributed by atoms with Gasteiger partial charge in [-0.05, 0) is 59.7 Å². The number of nitrogens with zero attached hydrogens (tertiary/aromatic N) is 2. The molecule has 0 aliphatic heterocycles. The van der Waals surface area contributed by atoms with Crippen LogP contribution in [0.15, 0.2) is 102 Å². The third kappa shape index (κ3) is 5.69. The molecule has 4 aromatic rings. The van der Waals surface area contributed by atoms with Crippen LogP contribution >= 0.6 is 0 Å². The Bertz CT molecular complexity index is 1240. The van der Waals surface area contributed by atoms with Crippen LogP contribution < -0.4 is 0 Å². The summed E-state index contributed by atoms with van der Waals surface area (Å²) >= 11 is 0. The molecule has 0 radical (unpaired) electrons. The number of carbonyl (C=O) groups excluding carboxylic acids is 1. The smallest absolute Gasteiger partial charge is 0.181 e. The molecule has 0 fully saturated rings. The fraction of sp³-hybridized carbons (Fsp3) is 0.167. The number of ketones is 1. The summed E-state index contributed by atoms with van der Waals surface area (Å²) in [5.41, 5.74) is 8.27. The fourth-order valence-electron chi connectivity index (χ4n) is 4.02. The first kappa shape index (κ1) is 22.3. The first-order valence-corrected chi connectivity index (χ1v) is 11.3. The summed E-state index contributed by atoms with van der Waals surface area (Å²) < 4.78 is 0. The Morgan fingerprint density at radius 2 is 1.55 bits per heavy atom. The van der Waals surface area contributed by atoms with Crippen molar-refractivity contribution in [3.05, 3.63) is 125 Å². The normalized spacial score (nSPS) is 11.4. The average Bonchev–Trinajstić information content (AvgIpc) is 2.86. The molecule has 0 bridgehead atoms. The summed E-state index contributed by atoms with van der Waals surface area (Å²) in [6.45, 7) is 2.02. The second kappa shape index (κ2) is 10.6. The van der Waals surface area contributed by atoms with Crippen LogP contribution in [0.3, 0.4) is 0 Å². The van der Waals surface area contributed by atoms with Crippen molar-refractivity contribution in [1.82, 2.24) is 4.98 Å². The van der Waals surface area contributed by atoms with E-state index in [1.165, 1.54) is 11.1 Å². The van der Waals surface area contributed by atoms with Crippen molar-refractivity contribution < 1.29 is 4.79 Å². The van der Waals surface area contributed by atoms with Crippen LogP contribution in [0.25, 0.3) is 11.1 Å². The number of carbonyl (C=O) groups is 1. The number of rotatable bonds is 8. The molecule has 0 saturated heterocycles. The third-order valence-electron chi connectivity index (χ3n) is 5.89. The van der Waals surface area contributed by atoms with Gasteiger partial charge in [0, 0.05) is 37.0 Å². The monoisotopic (exact) mass is 432 g/mol. The Hall–Kier alpha value is -3.85. The zero-order valence-electron chi connectivity index (χ0n) is 19.2. The Labute approximate surface area is 195 Å². The maximum absolute atomic E-state index is 13.1. The molecule has 0 spiro atoms. The van der Waals surface area contributed by atoms with E-state index in [-0.39, 0.29) is 5.78 Å². The van der Waals surface area contributed by atoms with Crippen LogP contribution in [0, 0.1) is 6.92 Å². The number of hydrogen-bond acceptors (Lipinski definition) is 3. The number of benzene rings is 3. The molecule has 4 rings (SSSR count). The molecule has 0 N–H and O–H groups in total. The van der Waals surface area contributed by atoms with Crippen LogP contribution in [0.1, 0.15) is 34.2 Å². The first-order chi connectivity index (χ1) is 16.1. The van der Waals surface area contributed by atoms with Crippen LogP contribution in [-0.2, 0) is 17.6 Å². The highest BCUT2D eigenvalue weighted by Gasteiger charge is 2.16. The van der Waals surface area contributed by atoms with E-state index < -0.39 is 0 Å². The molecule has 1 aromatic heterocycles. The predicted molar refractivity (Wildman–Crippen MR) is 136 cm³/mol. The summed E-state index contributed by atoms with van der Waals surface area (Å²) in [5, 5.41) is 0. The van der Waals surface area contributed by atoms with Crippen molar-refractivity contribution in [2.45, 2.75) is 26.2 Å². The highest BCUT2D eigenvalue weighted by atomic mass is 16.1. The highest BCUT2D eigenvalue weighted by Crippen LogP contribution is 2.23. The molecule has 164 valence electrons. The predicted octanol–water partition coefficient (Wildman–Crippen LogP) is 6.27. The lowest BCUT2D eigenvalue weighted by Gasteiger charge is -2.11. The second-order valence-corrected chi connectivity index (χ2v) is 8.25. The van der Waals surface area contributed by atoms with Gasteiger partial charge in [-0.25, -0.2) is 0 Å². The van der Waals surface area contributed by atoms with Crippen molar-refractivity contribution in [1.29, 1.82) is 0 Å². The topological polar surface area (TPSA) is 42.3 Å². The van der Waals surface area contributed by atoms with Crippen molar-refractivity contribution in [3.63, 3.8) is 0 Å². The number of pyridine rings is 1. The van der Waals surface area contributed by atoms with E-state index in [0.29, 0.717) is 18.6 Å². The first-order valence-electron chi connectivity index (χ1n) is 11.3. The number of hydrogen-bond donors (Lipinski definition) is 0. The van der Waals surface area contributed by atoms with Crippen molar-refractivity contribution >= 4 is 11.5 Å². The number of Topliss-reactive ketones (excluding diaryl/α,β-unsaturated/α-hetero) is 1. The molecule has 3 aromatic carbocycles. The summed E-state index contributed by atoms with van der Waals surface area (Å²) in [6, 6.07) is 29.1. The number of aliphatic imine (C=N–C) groups is 1. The van der Waals surface area contributed by atoms with Crippen molar-refractivity contribution in [2.24, 2.45) is 4.99 Å². The Kier molecular flexibility index (Phi) is 7.21. The fourth-order valence-corrected chi connectivity index (χ4v) is 4.02. The van der Waals surface area contributed by atoms with Gasteiger partial charge in [0.25, 0.3) is 0 Å². The molecule has 3 nitrogen and oxygen atoms in total. The van der Waals surface area contributed by atoms with E-state index in [9.17, 15) is 4.79 Å². The van der Waals surface area contributed by atoms with Crippen LogP contribution in [-0.4, -0.2) is 23.5 Å². The lowest BCUT2D eigenvalue weighted by atomic mass is 9.94. The highest BCUT2D eigenvalue weighted by molar-refractivity contribution is 6.46. The minimum Gasteiger partial charge on any atom is -0.292 e. The maximum Gasteiger partial charge on any atom is 0.181 e. The summed E-state index contributed by atoms with van der Waals surface area (Å²) in [7, 11) is 1.70. The van der Waals surface area contributed by atoms with Crippen molar-refractivity contribution in [3.8, 4) is 11.1 Å². The summed E-state index contributed by atoms with van der Waals surface area (Å²) in [5.74, 6) is 0.0669. The third-order valence-corrected chi connectivity index (χ3v) is 5.89. The van der Waals surface area contributed by atoms with Gasteiger partial charge in [0.15, 0.2) is 5.78 Å². The molecule has 0 amide bonds. The quantitative estimate of drug-likeness (QED) is 0.308. The maximum atomic E-state index is 13.1. The van der Waals surface area contributed by atoms with Gasteiger partial charge >= 0.3 is 0 Å². The zero-order valence-corrected chi connectivity index (χ0v) is 19.2. The van der Waals surface area contributed by atoms with E-state index in [0.717, 1.165) is 34.2 Å². The minimum absolute atomic E-state index is 0.0669. The molecular formula is C30H28N2O. The van der Waals surface area contributed by atoms with Gasteiger partial charge < -0.3 is 0 Å². The molecule has 0 unspecified atom stereocenters. The van der Waals surface area contributed by atoms with Gasteiger partial charge in [-0.1, -0.05) is 72.8 Å². The van der Waals surface area contributed by atoms with Gasteiger partial charge in [-0.15, -0.1) is 0 Å². The van der Waals surface area contributed by atoms with Gasteiger partial charge in [-0.3, -0.25) is 14.8 Å². The molecule has 3 heteroatoms. The van der Waals surface area contributed by atoms with Gasteiger partial charge in [-0.2, -0.15) is 0 Å². The zero-order chi connectivity index (χ0) is 23.0.